The minimum Gasteiger partial charge on any atom is -0.274 e. The molecule has 3 heteroatoms. The van der Waals surface area contributed by atoms with Crippen molar-refractivity contribution in [3.63, 3.8) is 0 Å². The molecule has 3 aliphatic carbocycles. The van der Waals surface area contributed by atoms with E-state index in [4.69, 9.17) is 0 Å². The first-order valence-corrected chi connectivity index (χ1v) is 8.29. The lowest BCUT2D eigenvalue weighted by atomic mass is 9.63. The molecule has 3 nitrogen and oxygen atoms in total. The van der Waals surface area contributed by atoms with Gasteiger partial charge in [0, 0.05) is 5.39 Å². The second-order valence-corrected chi connectivity index (χ2v) is 6.85. The lowest BCUT2D eigenvalue weighted by Gasteiger charge is -2.38. The fourth-order valence-electron chi connectivity index (χ4n) is 4.71. The van der Waals surface area contributed by atoms with Crippen molar-refractivity contribution in [2.75, 3.05) is 4.90 Å². The van der Waals surface area contributed by atoms with Gasteiger partial charge in [0.2, 0.25) is 11.8 Å². The first-order chi connectivity index (χ1) is 11.3. The number of nitrogens with zero attached hydrogens (tertiary/aromatic N) is 1. The standard InChI is InChI=1S/C20H17NO2/c22-19-17-13-8-9-14(11-10-13)18(17)20(23)21(19)16-7-3-5-12-4-1-2-6-15(12)16/h1-9,13-14,17-18H,10-11H2/t13-,14-,17-,18+/m1/s1. The van der Waals surface area contributed by atoms with E-state index in [-0.39, 0.29) is 35.5 Å². The molecule has 1 saturated heterocycles. The Morgan fingerprint density at radius 2 is 1.39 bits per heavy atom. The number of rotatable bonds is 1. The highest BCUT2D eigenvalue weighted by Gasteiger charge is 2.57. The van der Waals surface area contributed by atoms with Gasteiger partial charge in [-0.15, -0.1) is 0 Å². The van der Waals surface area contributed by atoms with Gasteiger partial charge >= 0.3 is 0 Å². The maximum Gasteiger partial charge on any atom is 0.238 e. The minimum absolute atomic E-state index is 0.00426. The van der Waals surface area contributed by atoms with Crippen molar-refractivity contribution in [2.45, 2.75) is 12.8 Å². The molecule has 114 valence electrons. The Morgan fingerprint density at radius 1 is 0.783 bits per heavy atom. The van der Waals surface area contributed by atoms with E-state index in [9.17, 15) is 9.59 Å². The molecule has 1 heterocycles. The van der Waals surface area contributed by atoms with Crippen LogP contribution >= 0.6 is 0 Å². The topological polar surface area (TPSA) is 37.4 Å². The molecule has 2 fully saturated rings. The van der Waals surface area contributed by atoms with Gasteiger partial charge in [0.05, 0.1) is 17.5 Å². The summed E-state index contributed by atoms with van der Waals surface area (Å²) in [6.07, 6.45) is 6.38. The Bertz CT molecular complexity index is 832. The lowest BCUT2D eigenvalue weighted by molar-refractivity contribution is -0.124. The number of hydrogen-bond donors (Lipinski definition) is 0. The van der Waals surface area contributed by atoms with Crippen LogP contribution in [0, 0.1) is 23.7 Å². The Morgan fingerprint density at radius 3 is 2.04 bits per heavy atom. The van der Waals surface area contributed by atoms with Crippen LogP contribution in [0.3, 0.4) is 0 Å². The number of amides is 2. The lowest BCUT2D eigenvalue weighted by Crippen LogP contribution is -2.38. The van der Waals surface area contributed by atoms with Gasteiger partial charge in [-0.25, -0.2) is 4.90 Å². The zero-order chi connectivity index (χ0) is 15.6. The average Bonchev–Trinajstić information content (AvgIpc) is 2.89. The molecule has 2 amide bonds. The van der Waals surface area contributed by atoms with E-state index in [1.807, 2.05) is 42.5 Å². The Labute approximate surface area is 134 Å². The number of hydrogen-bond acceptors (Lipinski definition) is 2. The van der Waals surface area contributed by atoms with Crippen molar-refractivity contribution >= 4 is 28.3 Å². The number of benzene rings is 2. The zero-order valence-corrected chi connectivity index (χ0v) is 12.7. The molecule has 4 aliphatic rings. The van der Waals surface area contributed by atoms with Crippen LogP contribution < -0.4 is 4.90 Å². The van der Waals surface area contributed by atoms with Crippen LogP contribution in [-0.2, 0) is 9.59 Å². The summed E-state index contributed by atoms with van der Waals surface area (Å²) in [7, 11) is 0. The summed E-state index contributed by atoms with van der Waals surface area (Å²) in [6, 6.07) is 13.8. The monoisotopic (exact) mass is 303 g/mol. The van der Waals surface area contributed by atoms with Crippen molar-refractivity contribution in [2.24, 2.45) is 23.7 Å². The summed E-state index contributed by atoms with van der Waals surface area (Å²) in [4.78, 5) is 27.6. The van der Waals surface area contributed by atoms with Crippen LogP contribution in [0.25, 0.3) is 10.8 Å². The molecule has 2 aromatic carbocycles. The van der Waals surface area contributed by atoms with Crippen molar-refractivity contribution in [1.29, 1.82) is 0 Å². The third kappa shape index (κ3) is 1.65. The van der Waals surface area contributed by atoms with E-state index in [0.717, 1.165) is 29.3 Å². The number of fused-ring (bicyclic) bond motifs is 2. The molecule has 6 rings (SSSR count). The Balaban J connectivity index is 1.67. The molecule has 23 heavy (non-hydrogen) atoms. The van der Waals surface area contributed by atoms with Gasteiger partial charge in [-0.3, -0.25) is 9.59 Å². The maximum absolute atomic E-state index is 13.1. The van der Waals surface area contributed by atoms with E-state index < -0.39 is 0 Å². The highest BCUT2D eigenvalue weighted by atomic mass is 16.2. The molecule has 0 N–H and O–H groups in total. The predicted molar refractivity (Wildman–Crippen MR) is 88.8 cm³/mol. The second kappa shape index (κ2) is 4.54. The zero-order valence-electron chi connectivity index (χ0n) is 12.7. The molecule has 2 aromatic rings. The number of anilines is 1. The van der Waals surface area contributed by atoms with Gasteiger partial charge in [0.1, 0.15) is 0 Å². The van der Waals surface area contributed by atoms with Crippen molar-refractivity contribution < 1.29 is 9.59 Å². The predicted octanol–water partition coefficient (Wildman–Crippen LogP) is 3.54. The fourth-order valence-corrected chi connectivity index (χ4v) is 4.71. The first kappa shape index (κ1) is 13.1. The van der Waals surface area contributed by atoms with Gasteiger partial charge in [0.25, 0.3) is 0 Å². The molecule has 0 aromatic heterocycles. The Kier molecular flexibility index (Phi) is 2.58. The third-order valence-corrected chi connectivity index (χ3v) is 5.77. The first-order valence-electron chi connectivity index (χ1n) is 8.29. The number of carbonyl (C=O) groups excluding carboxylic acids is 2. The normalized spacial score (nSPS) is 31.9. The SMILES string of the molecule is O=C1[C@@H]2[C@H](C(=O)N1c1cccc3ccccc13)[C@@H]1C=C[C@@H]2CC1. The largest absolute Gasteiger partial charge is 0.274 e. The summed E-state index contributed by atoms with van der Waals surface area (Å²) in [5.41, 5.74) is 0.743. The summed E-state index contributed by atoms with van der Waals surface area (Å²) in [5, 5.41) is 2.03. The molecule has 1 saturated carbocycles. The number of carbonyl (C=O) groups is 2. The van der Waals surface area contributed by atoms with Crippen LogP contribution in [0.5, 0.6) is 0 Å². The average molecular weight is 303 g/mol. The van der Waals surface area contributed by atoms with Gasteiger partial charge in [-0.1, -0.05) is 48.6 Å². The summed E-state index contributed by atoms with van der Waals surface area (Å²) in [6.45, 7) is 0. The maximum atomic E-state index is 13.1. The molecule has 0 spiro atoms. The van der Waals surface area contributed by atoms with E-state index in [2.05, 4.69) is 12.2 Å². The Hall–Kier alpha value is -2.42. The number of imide groups is 1. The van der Waals surface area contributed by atoms with Crippen LogP contribution in [0.4, 0.5) is 5.69 Å². The molecular formula is C20H17NO2. The third-order valence-electron chi connectivity index (χ3n) is 5.77. The second-order valence-electron chi connectivity index (χ2n) is 6.85. The van der Waals surface area contributed by atoms with Crippen LogP contribution in [0.2, 0.25) is 0 Å². The molecular weight excluding hydrogens is 286 g/mol. The van der Waals surface area contributed by atoms with Crippen molar-refractivity contribution in [1.82, 2.24) is 0 Å². The van der Waals surface area contributed by atoms with E-state index in [1.165, 1.54) is 4.90 Å². The summed E-state index contributed by atoms with van der Waals surface area (Å²) in [5.74, 6) is 0.170. The molecule has 2 bridgehead atoms. The quantitative estimate of drug-likeness (QED) is 0.597. The fraction of sp³-hybridized carbons (Fsp3) is 0.300. The van der Waals surface area contributed by atoms with Crippen molar-refractivity contribution in [3.05, 3.63) is 54.6 Å². The van der Waals surface area contributed by atoms with Crippen LogP contribution in [0.1, 0.15) is 12.8 Å². The highest BCUT2D eigenvalue weighted by Crippen LogP contribution is 2.50. The summed E-state index contributed by atoms with van der Waals surface area (Å²) < 4.78 is 0. The molecule has 0 unspecified atom stereocenters. The molecule has 4 atom stereocenters. The highest BCUT2D eigenvalue weighted by molar-refractivity contribution is 6.25. The minimum atomic E-state index is -0.148. The molecule has 0 radical (unpaired) electrons. The van der Waals surface area contributed by atoms with Gasteiger partial charge in [-0.05, 0) is 36.1 Å². The van der Waals surface area contributed by atoms with Gasteiger partial charge in [0.15, 0.2) is 0 Å². The number of allylic oxidation sites excluding steroid dienone is 2. The van der Waals surface area contributed by atoms with Gasteiger partial charge in [-0.2, -0.15) is 0 Å². The van der Waals surface area contributed by atoms with E-state index in [0.29, 0.717) is 0 Å². The van der Waals surface area contributed by atoms with Gasteiger partial charge < -0.3 is 0 Å². The molecule has 1 aliphatic heterocycles. The summed E-state index contributed by atoms with van der Waals surface area (Å²) >= 11 is 0. The van der Waals surface area contributed by atoms with Crippen LogP contribution in [-0.4, -0.2) is 11.8 Å². The van der Waals surface area contributed by atoms with Crippen molar-refractivity contribution in [3.8, 4) is 0 Å². The van der Waals surface area contributed by atoms with E-state index in [1.54, 1.807) is 0 Å². The smallest absolute Gasteiger partial charge is 0.238 e. The van der Waals surface area contributed by atoms with Crippen LogP contribution in [0.15, 0.2) is 54.6 Å². The van der Waals surface area contributed by atoms with E-state index >= 15 is 0 Å².